The Labute approximate surface area is 155 Å². The summed E-state index contributed by atoms with van der Waals surface area (Å²) in [5, 5.41) is 4.83. The van der Waals surface area contributed by atoms with Gasteiger partial charge < -0.3 is 10.1 Å². The Bertz CT molecular complexity index is 948. The van der Waals surface area contributed by atoms with Gasteiger partial charge in [-0.15, -0.1) is 11.3 Å². The molecule has 4 nitrogen and oxygen atoms in total. The third-order valence-electron chi connectivity index (χ3n) is 4.60. The van der Waals surface area contributed by atoms with Crippen molar-refractivity contribution in [3.63, 3.8) is 0 Å². The SMILES string of the molecule is O=C(COC(=O)c1cc2c(s1)CCCC2)Nc1cccc2ccccc12. The first-order chi connectivity index (χ1) is 12.7. The first-order valence-corrected chi connectivity index (χ1v) is 9.59. The zero-order valence-corrected chi connectivity index (χ0v) is 15.1. The molecule has 0 spiro atoms. The molecule has 5 heteroatoms. The predicted octanol–water partition coefficient (Wildman–Crippen LogP) is 4.58. The molecule has 1 heterocycles. The number of fused-ring (bicyclic) bond motifs is 2. The van der Waals surface area contributed by atoms with Gasteiger partial charge in [0, 0.05) is 16.0 Å². The van der Waals surface area contributed by atoms with Crippen molar-refractivity contribution in [1.82, 2.24) is 0 Å². The molecular weight excluding hydrogens is 346 g/mol. The molecule has 0 bridgehead atoms. The summed E-state index contributed by atoms with van der Waals surface area (Å²) in [5.74, 6) is -0.756. The number of rotatable bonds is 4. The number of carbonyl (C=O) groups excluding carboxylic acids is 2. The molecule has 0 atom stereocenters. The van der Waals surface area contributed by atoms with Crippen molar-refractivity contribution in [3.8, 4) is 0 Å². The van der Waals surface area contributed by atoms with Gasteiger partial charge in [-0.25, -0.2) is 4.79 Å². The van der Waals surface area contributed by atoms with Crippen LogP contribution in [0.5, 0.6) is 0 Å². The molecule has 0 radical (unpaired) electrons. The average molecular weight is 365 g/mol. The minimum Gasteiger partial charge on any atom is -0.451 e. The Balaban J connectivity index is 1.39. The van der Waals surface area contributed by atoms with Crippen LogP contribution in [0.1, 0.15) is 33.0 Å². The second kappa shape index (κ2) is 7.30. The van der Waals surface area contributed by atoms with Crippen LogP contribution in [0.25, 0.3) is 10.8 Å². The number of anilines is 1. The second-order valence-electron chi connectivity index (χ2n) is 6.42. The van der Waals surface area contributed by atoms with E-state index < -0.39 is 5.97 Å². The first-order valence-electron chi connectivity index (χ1n) is 8.77. The summed E-state index contributed by atoms with van der Waals surface area (Å²) in [6, 6.07) is 15.5. The van der Waals surface area contributed by atoms with Crippen molar-refractivity contribution in [2.24, 2.45) is 0 Å². The summed E-state index contributed by atoms with van der Waals surface area (Å²) >= 11 is 1.49. The summed E-state index contributed by atoms with van der Waals surface area (Å²) in [4.78, 5) is 26.3. The fraction of sp³-hybridized carbons (Fsp3) is 0.238. The molecule has 0 saturated carbocycles. The maximum atomic E-state index is 12.2. The van der Waals surface area contributed by atoms with Crippen LogP contribution in [-0.2, 0) is 22.4 Å². The predicted molar refractivity (Wildman–Crippen MR) is 104 cm³/mol. The number of carbonyl (C=O) groups is 2. The maximum Gasteiger partial charge on any atom is 0.348 e. The Morgan fingerprint density at radius 3 is 2.73 bits per heavy atom. The highest BCUT2D eigenvalue weighted by Crippen LogP contribution is 2.30. The van der Waals surface area contributed by atoms with Crippen LogP contribution in [-0.4, -0.2) is 18.5 Å². The van der Waals surface area contributed by atoms with E-state index in [4.69, 9.17) is 4.74 Å². The van der Waals surface area contributed by atoms with E-state index in [1.165, 1.54) is 34.6 Å². The van der Waals surface area contributed by atoms with Crippen LogP contribution in [0.4, 0.5) is 5.69 Å². The van der Waals surface area contributed by atoms with Crippen LogP contribution >= 0.6 is 11.3 Å². The number of thiophene rings is 1. The van der Waals surface area contributed by atoms with Gasteiger partial charge in [-0.2, -0.15) is 0 Å². The lowest BCUT2D eigenvalue weighted by Crippen LogP contribution is -2.20. The molecule has 1 aliphatic carbocycles. The molecule has 132 valence electrons. The van der Waals surface area contributed by atoms with E-state index in [0.717, 1.165) is 29.3 Å². The highest BCUT2D eigenvalue weighted by atomic mass is 32.1. The number of ether oxygens (including phenoxy) is 1. The summed E-state index contributed by atoms with van der Waals surface area (Å²) < 4.78 is 5.21. The summed E-state index contributed by atoms with van der Waals surface area (Å²) in [6.45, 7) is -0.287. The zero-order chi connectivity index (χ0) is 17.9. The van der Waals surface area contributed by atoms with Crippen LogP contribution in [0.15, 0.2) is 48.5 Å². The molecule has 2 aromatic carbocycles. The Kier molecular flexibility index (Phi) is 4.71. The van der Waals surface area contributed by atoms with Gasteiger partial charge in [0.2, 0.25) is 0 Å². The summed E-state index contributed by atoms with van der Waals surface area (Å²) in [6.07, 6.45) is 4.41. The van der Waals surface area contributed by atoms with Gasteiger partial charge in [0.1, 0.15) is 4.88 Å². The highest BCUT2D eigenvalue weighted by molar-refractivity contribution is 7.14. The minimum atomic E-state index is -0.419. The molecule has 1 amide bonds. The number of aryl methyl sites for hydroxylation is 2. The first kappa shape index (κ1) is 16.8. The number of hydrogen-bond acceptors (Lipinski definition) is 4. The summed E-state index contributed by atoms with van der Waals surface area (Å²) in [5.41, 5.74) is 1.98. The average Bonchev–Trinajstić information content (AvgIpc) is 3.11. The van der Waals surface area contributed by atoms with Crippen molar-refractivity contribution in [2.75, 3.05) is 11.9 Å². The quantitative estimate of drug-likeness (QED) is 0.689. The van der Waals surface area contributed by atoms with Crippen molar-refractivity contribution in [3.05, 3.63) is 63.8 Å². The topological polar surface area (TPSA) is 55.4 Å². The number of benzene rings is 2. The maximum absolute atomic E-state index is 12.2. The van der Waals surface area contributed by atoms with Gasteiger partial charge in [-0.1, -0.05) is 36.4 Å². The van der Waals surface area contributed by atoms with Gasteiger partial charge in [-0.05, 0) is 48.8 Å². The van der Waals surface area contributed by atoms with Gasteiger partial charge in [0.05, 0.1) is 0 Å². The van der Waals surface area contributed by atoms with Crippen molar-refractivity contribution in [1.29, 1.82) is 0 Å². The van der Waals surface area contributed by atoms with E-state index in [0.29, 0.717) is 4.88 Å². The van der Waals surface area contributed by atoms with Gasteiger partial charge in [0.15, 0.2) is 6.61 Å². The smallest absolute Gasteiger partial charge is 0.348 e. The molecule has 1 N–H and O–H groups in total. The lowest BCUT2D eigenvalue weighted by atomic mass is 9.99. The third-order valence-corrected chi connectivity index (χ3v) is 5.81. The second-order valence-corrected chi connectivity index (χ2v) is 7.55. The van der Waals surface area contributed by atoms with E-state index in [1.807, 2.05) is 48.5 Å². The molecule has 0 unspecified atom stereocenters. The molecule has 1 aliphatic rings. The largest absolute Gasteiger partial charge is 0.451 e. The lowest BCUT2D eigenvalue weighted by molar-refractivity contribution is -0.119. The number of nitrogens with one attached hydrogen (secondary N) is 1. The molecule has 1 aromatic heterocycles. The van der Waals surface area contributed by atoms with Crippen LogP contribution in [0, 0.1) is 0 Å². The minimum absolute atomic E-state index is 0.287. The zero-order valence-electron chi connectivity index (χ0n) is 14.3. The monoisotopic (exact) mass is 365 g/mol. The molecule has 26 heavy (non-hydrogen) atoms. The van der Waals surface area contributed by atoms with Crippen molar-refractivity contribution in [2.45, 2.75) is 25.7 Å². The normalized spacial score (nSPS) is 13.2. The third kappa shape index (κ3) is 3.48. The number of hydrogen-bond donors (Lipinski definition) is 1. The lowest BCUT2D eigenvalue weighted by Gasteiger charge is -2.09. The van der Waals surface area contributed by atoms with Crippen molar-refractivity contribution >= 4 is 39.7 Å². The molecule has 3 aromatic rings. The van der Waals surface area contributed by atoms with Gasteiger partial charge in [-0.3, -0.25) is 4.79 Å². The van der Waals surface area contributed by atoms with Gasteiger partial charge >= 0.3 is 5.97 Å². The van der Waals surface area contributed by atoms with E-state index in [9.17, 15) is 9.59 Å². The summed E-state index contributed by atoms with van der Waals surface area (Å²) in [7, 11) is 0. The van der Waals surface area contributed by atoms with E-state index in [2.05, 4.69) is 5.32 Å². The fourth-order valence-electron chi connectivity index (χ4n) is 3.31. The highest BCUT2D eigenvalue weighted by Gasteiger charge is 2.19. The standard InChI is InChI=1S/C21H19NO3S/c23-20(22-17-10-5-8-14-6-1-3-9-16(14)17)13-25-21(24)19-12-15-7-2-4-11-18(15)26-19/h1,3,5-6,8-10,12H,2,4,7,11,13H2,(H,22,23). The van der Waals surface area contributed by atoms with E-state index in [-0.39, 0.29) is 12.5 Å². The number of amides is 1. The Morgan fingerprint density at radius 2 is 1.85 bits per heavy atom. The van der Waals surface area contributed by atoms with E-state index >= 15 is 0 Å². The van der Waals surface area contributed by atoms with Crippen LogP contribution in [0.2, 0.25) is 0 Å². The molecule has 0 aliphatic heterocycles. The van der Waals surface area contributed by atoms with Crippen molar-refractivity contribution < 1.29 is 14.3 Å². The Morgan fingerprint density at radius 1 is 1.04 bits per heavy atom. The Hall–Kier alpha value is -2.66. The molecule has 0 saturated heterocycles. The van der Waals surface area contributed by atoms with Gasteiger partial charge in [0.25, 0.3) is 5.91 Å². The van der Waals surface area contributed by atoms with Crippen LogP contribution < -0.4 is 5.32 Å². The molecule has 0 fully saturated rings. The fourth-order valence-corrected chi connectivity index (χ4v) is 4.46. The number of esters is 1. The van der Waals surface area contributed by atoms with E-state index in [1.54, 1.807) is 0 Å². The molecular formula is C21H19NO3S. The molecule has 4 rings (SSSR count). The van der Waals surface area contributed by atoms with Crippen LogP contribution in [0.3, 0.4) is 0 Å².